The minimum Gasteiger partial charge on any atom is -0.369 e. The Morgan fingerprint density at radius 3 is 2.04 bits per heavy atom. The van der Waals surface area contributed by atoms with Crippen LogP contribution in [0.2, 0.25) is 0 Å². The van der Waals surface area contributed by atoms with Gasteiger partial charge in [-0.2, -0.15) is 0 Å². The lowest BCUT2D eigenvalue weighted by Gasteiger charge is -2.40. The van der Waals surface area contributed by atoms with E-state index >= 15 is 0 Å². The van der Waals surface area contributed by atoms with Crippen LogP contribution in [0.4, 0.5) is 5.69 Å². The summed E-state index contributed by atoms with van der Waals surface area (Å²) in [5.74, 6) is 0.300. The first-order chi connectivity index (χ1) is 12.5. The molecule has 0 atom stereocenters. The van der Waals surface area contributed by atoms with E-state index in [4.69, 9.17) is 0 Å². The average Bonchev–Trinajstić information content (AvgIpc) is 2.63. The third-order valence-electron chi connectivity index (χ3n) is 5.88. The third kappa shape index (κ3) is 4.38. The molecule has 2 aliphatic heterocycles. The molecular formula is C21H34N4O. The molecule has 0 unspecified atom stereocenters. The molecular weight excluding hydrogens is 324 g/mol. The lowest BCUT2D eigenvalue weighted by molar-refractivity contribution is -0.134. The summed E-state index contributed by atoms with van der Waals surface area (Å²) in [6.07, 6.45) is 0. The van der Waals surface area contributed by atoms with Gasteiger partial charge in [0, 0.05) is 64.1 Å². The number of hydrogen-bond donors (Lipinski definition) is 0. The molecule has 2 heterocycles. The zero-order valence-electron chi connectivity index (χ0n) is 16.9. The largest absolute Gasteiger partial charge is 0.369 e. The second-order valence-electron chi connectivity index (χ2n) is 8.01. The third-order valence-corrected chi connectivity index (χ3v) is 5.88. The van der Waals surface area contributed by atoms with Gasteiger partial charge >= 0.3 is 0 Å². The van der Waals surface area contributed by atoms with Crippen molar-refractivity contribution in [3.63, 3.8) is 0 Å². The van der Waals surface area contributed by atoms with Gasteiger partial charge in [-0.1, -0.05) is 18.2 Å². The van der Waals surface area contributed by atoms with E-state index in [9.17, 15) is 4.79 Å². The van der Waals surface area contributed by atoms with Gasteiger partial charge in [0.1, 0.15) is 0 Å². The van der Waals surface area contributed by atoms with Crippen LogP contribution in [0, 0.1) is 13.8 Å². The first-order valence-corrected chi connectivity index (χ1v) is 10.0. The average molecular weight is 359 g/mol. The van der Waals surface area contributed by atoms with Gasteiger partial charge in [0.05, 0.1) is 6.54 Å². The van der Waals surface area contributed by atoms with Gasteiger partial charge in [0.15, 0.2) is 0 Å². The van der Waals surface area contributed by atoms with Crippen molar-refractivity contribution in [3.8, 4) is 0 Å². The second-order valence-corrected chi connectivity index (χ2v) is 8.01. The topological polar surface area (TPSA) is 30.0 Å². The molecule has 0 spiro atoms. The summed E-state index contributed by atoms with van der Waals surface area (Å²) in [4.78, 5) is 22.0. The Morgan fingerprint density at radius 2 is 1.50 bits per heavy atom. The van der Waals surface area contributed by atoms with Gasteiger partial charge in [0.25, 0.3) is 0 Å². The molecule has 0 aliphatic carbocycles. The van der Waals surface area contributed by atoms with Crippen LogP contribution in [0.25, 0.3) is 0 Å². The minimum atomic E-state index is 0.300. The molecule has 26 heavy (non-hydrogen) atoms. The molecule has 1 amide bonds. The van der Waals surface area contributed by atoms with Crippen molar-refractivity contribution in [2.24, 2.45) is 0 Å². The fraction of sp³-hybridized carbons (Fsp3) is 0.667. The predicted molar refractivity (Wildman–Crippen MR) is 108 cm³/mol. The van der Waals surface area contributed by atoms with Crippen molar-refractivity contribution >= 4 is 11.6 Å². The van der Waals surface area contributed by atoms with E-state index < -0.39 is 0 Å². The maximum Gasteiger partial charge on any atom is 0.236 e. The highest BCUT2D eigenvalue weighted by Gasteiger charge is 2.26. The van der Waals surface area contributed by atoms with E-state index in [-0.39, 0.29) is 0 Å². The van der Waals surface area contributed by atoms with Gasteiger partial charge in [-0.25, -0.2) is 0 Å². The maximum atomic E-state index is 12.7. The van der Waals surface area contributed by atoms with Crippen LogP contribution in [-0.2, 0) is 4.79 Å². The molecule has 5 nitrogen and oxygen atoms in total. The van der Waals surface area contributed by atoms with E-state index in [1.807, 2.05) is 0 Å². The van der Waals surface area contributed by atoms with Crippen molar-refractivity contribution in [1.82, 2.24) is 14.7 Å². The monoisotopic (exact) mass is 358 g/mol. The van der Waals surface area contributed by atoms with E-state index in [1.165, 1.54) is 16.8 Å². The van der Waals surface area contributed by atoms with Crippen LogP contribution >= 0.6 is 0 Å². The summed E-state index contributed by atoms with van der Waals surface area (Å²) < 4.78 is 0. The molecule has 0 radical (unpaired) electrons. The number of hydrogen-bond acceptors (Lipinski definition) is 4. The maximum absolute atomic E-state index is 12.7. The van der Waals surface area contributed by atoms with Gasteiger partial charge in [0.2, 0.25) is 5.91 Å². The number of anilines is 1. The number of amides is 1. The number of para-hydroxylation sites is 1. The highest BCUT2D eigenvalue weighted by molar-refractivity contribution is 5.78. The number of benzene rings is 1. The number of rotatable bonds is 4. The Morgan fingerprint density at radius 1 is 0.923 bits per heavy atom. The van der Waals surface area contributed by atoms with E-state index in [1.54, 1.807) is 0 Å². The Bertz CT molecular complexity index is 594. The molecule has 0 bridgehead atoms. The Kier molecular flexibility index (Phi) is 6.20. The van der Waals surface area contributed by atoms with E-state index in [0.29, 0.717) is 18.5 Å². The van der Waals surface area contributed by atoms with E-state index in [2.05, 4.69) is 65.5 Å². The van der Waals surface area contributed by atoms with E-state index in [0.717, 1.165) is 52.4 Å². The van der Waals surface area contributed by atoms with Crippen molar-refractivity contribution in [3.05, 3.63) is 29.3 Å². The fourth-order valence-corrected chi connectivity index (χ4v) is 4.21. The molecule has 2 fully saturated rings. The van der Waals surface area contributed by atoms with Crippen LogP contribution in [0.1, 0.15) is 25.0 Å². The van der Waals surface area contributed by atoms with Crippen LogP contribution in [-0.4, -0.2) is 85.6 Å². The van der Waals surface area contributed by atoms with Crippen LogP contribution in [0.15, 0.2) is 18.2 Å². The van der Waals surface area contributed by atoms with Crippen molar-refractivity contribution in [2.75, 3.05) is 63.8 Å². The number of carbonyl (C=O) groups is 1. The summed E-state index contributed by atoms with van der Waals surface area (Å²) in [7, 11) is 0. The summed E-state index contributed by atoms with van der Waals surface area (Å²) in [6.45, 7) is 17.1. The minimum absolute atomic E-state index is 0.300. The molecule has 0 aromatic heterocycles. The summed E-state index contributed by atoms with van der Waals surface area (Å²) in [5, 5.41) is 0. The number of piperazine rings is 2. The van der Waals surface area contributed by atoms with Crippen LogP contribution in [0.5, 0.6) is 0 Å². The lowest BCUT2D eigenvalue weighted by atomic mass is 10.1. The van der Waals surface area contributed by atoms with Gasteiger partial charge < -0.3 is 9.80 Å². The van der Waals surface area contributed by atoms with Crippen LogP contribution in [0.3, 0.4) is 0 Å². The molecule has 2 saturated heterocycles. The molecule has 144 valence electrons. The molecule has 2 aliphatic rings. The molecule has 1 aromatic carbocycles. The highest BCUT2D eigenvalue weighted by Crippen LogP contribution is 2.25. The zero-order valence-corrected chi connectivity index (χ0v) is 16.9. The number of carbonyl (C=O) groups excluding carboxylic acids is 1. The summed E-state index contributed by atoms with van der Waals surface area (Å²) in [6, 6.07) is 7.08. The van der Waals surface area contributed by atoms with Crippen LogP contribution < -0.4 is 4.90 Å². The zero-order chi connectivity index (χ0) is 18.7. The second kappa shape index (κ2) is 8.40. The Labute approximate surface area is 158 Å². The molecule has 0 N–H and O–H groups in total. The van der Waals surface area contributed by atoms with Gasteiger partial charge in [-0.15, -0.1) is 0 Å². The normalized spacial score (nSPS) is 20.0. The lowest BCUT2D eigenvalue weighted by Crippen LogP contribution is -2.54. The first kappa shape index (κ1) is 19.2. The smallest absolute Gasteiger partial charge is 0.236 e. The standard InChI is InChI=1S/C21H34N4O/c1-17(2)23-12-14-24(15-13-23)20(26)16-22-8-10-25(11-9-22)21-18(3)6-5-7-19(21)4/h5-7,17H,8-16H2,1-4H3. The SMILES string of the molecule is Cc1cccc(C)c1N1CCN(CC(=O)N2CCN(C(C)C)CC2)CC1. The van der Waals surface area contributed by atoms with Crippen molar-refractivity contribution in [2.45, 2.75) is 33.7 Å². The fourth-order valence-electron chi connectivity index (χ4n) is 4.21. The first-order valence-electron chi connectivity index (χ1n) is 10.0. The van der Waals surface area contributed by atoms with Crippen molar-refractivity contribution < 1.29 is 4.79 Å². The summed E-state index contributed by atoms with van der Waals surface area (Å²) >= 11 is 0. The predicted octanol–water partition coefficient (Wildman–Crippen LogP) is 1.98. The van der Waals surface area contributed by atoms with Gasteiger partial charge in [-0.05, 0) is 38.8 Å². The summed E-state index contributed by atoms with van der Waals surface area (Å²) in [5.41, 5.74) is 4.07. The van der Waals surface area contributed by atoms with Crippen molar-refractivity contribution in [1.29, 1.82) is 0 Å². The Balaban J connectivity index is 1.48. The Hall–Kier alpha value is -1.59. The molecule has 3 rings (SSSR count). The quantitative estimate of drug-likeness (QED) is 0.823. The number of nitrogens with zero attached hydrogens (tertiary/aromatic N) is 4. The van der Waals surface area contributed by atoms with Gasteiger partial charge in [-0.3, -0.25) is 14.6 Å². The molecule has 1 aromatic rings. The molecule has 5 heteroatoms. The highest BCUT2D eigenvalue weighted by atomic mass is 16.2. The molecule has 0 saturated carbocycles. The number of aryl methyl sites for hydroxylation is 2.